The van der Waals surface area contributed by atoms with E-state index in [9.17, 15) is 8.42 Å². The van der Waals surface area contributed by atoms with Crippen LogP contribution in [0.15, 0.2) is 0 Å². The van der Waals surface area contributed by atoms with E-state index in [0.717, 1.165) is 19.3 Å². The first-order chi connectivity index (χ1) is 7.53. The lowest BCUT2D eigenvalue weighted by Crippen LogP contribution is -2.40. The molecule has 1 fully saturated rings. The fourth-order valence-corrected chi connectivity index (χ4v) is 4.50. The predicted octanol–water partition coefficient (Wildman–Crippen LogP) is 3.52. The normalized spacial score (nSPS) is 31.8. The Morgan fingerprint density at radius 2 is 1.65 bits per heavy atom. The minimum atomic E-state index is -2.86. The van der Waals surface area contributed by atoms with Gasteiger partial charge in [0.2, 0.25) is 0 Å². The molecule has 3 unspecified atom stereocenters. The molecular formula is C14H28O2S. The number of hydrogen-bond donors (Lipinski definition) is 0. The van der Waals surface area contributed by atoms with Gasteiger partial charge in [-0.25, -0.2) is 8.42 Å². The van der Waals surface area contributed by atoms with Crippen LogP contribution in [0, 0.1) is 23.2 Å². The average molecular weight is 260 g/mol. The van der Waals surface area contributed by atoms with Crippen molar-refractivity contribution < 1.29 is 8.42 Å². The maximum Gasteiger partial charge on any atom is 0.150 e. The van der Waals surface area contributed by atoms with E-state index >= 15 is 0 Å². The zero-order valence-corrected chi connectivity index (χ0v) is 13.0. The Labute approximate surface area is 107 Å². The molecule has 1 aliphatic carbocycles. The zero-order chi connectivity index (χ0) is 13.4. The molecule has 1 aliphatic rings. The zero-order valence-electron chi connectivity index (χ0n) is 12.2. The van der Waals surface area contributed by atoms with Gasteiger partial charge in [-0.15, -0.1) is 0 Å². The summed E-state index contributed by atoms with van der Waals surface area (Å²) in [5.74, 6) is 1.77. The summed E-state index contributed by atoms with van der Waals surface area (Å²) in [7, 11) is -2.86. The minimum Gasteiger partial charge on any atom is -0.229 e. The van der Waals surface area contributed by atoms with E-state index in [-0.39, 0.29) is 10.7 Å². The van der Waals surface area contributed by atoms with Crippen LogP contribution < -0.4 is 0 Å². The summed E-state index contributed by atoms with van der Waals surface area (Å²) in [4.78, 5) is 0. The Bertz CT molecular complexity index is 349. The second-order valence-corrected chi connectivity index (χ2v) is 9.47. The number of hydrogen-bond acceptors (Lipinski definition) is 2. The predicted molar refractivity (Wildman–Crippen MR) is 73.8 cm³/mol. The van der Waals surface area contributed by atoms with E-state index in [2.05, 4.69) is 34.6 Å². The Morgan fingerprint density at radius 1 is 1.12 bits per heavy atom. The molecule has 0 saturated heterocycles. The molecule has 0 heterocycles. The Hall–Kier alpha value is -0.0500. The first-order valence-electron chi connectivity index (χ1n) is 6.72. The van der Waals surface area contributed by atoms with E-state index < -0.39 is 9.84 Å². The van der Waals surface area contributed by atoms with Crippen LogP contribution in [0.5, 0.6) is 0 Å². The van der Waals surface area contributed by atoms with E-state index in [1.807, 2.05) is 0 Å². The van der Waals surface area contributed by atoms with E-state index in [4.69, 9.17) is 0 Å². The molecule has 17 heavy (non-hydrogen) atoms. The van der Waals surface area contributed by atoms with Crippen molar-refractivity contribution in [3.63, 3.8) is 0 Å². The van der Waals surface area contributed by atoms with Gasteiger partial charge in [-0.3, -0.25) is 0 Å². The van der Waals surface area contributed by atoms with Crippen molar-refractivity contribution in [1.29, 1.82) is 0 Å². The van der Waals surface area contributed by atoms with Crippen LogP contribution in [-0.4, -0.2) is 19.9 Å². The van der Waals surface area contributed by atoms with Gasteiger partial charge in [0.25, 0.3) is 0 Å². The fourth-order valence-electron chi connectivity index (χ4n) is 3.37. The molecule has 0 aromatic carbocycles. The van der Waals surface area contributed by atoms with Crippen LogP contribution in [0.1, 0.15) is 53.9 Å². The lowest BCUT2D eigenvalue weighted by atomic mass is 9.63. The third-order valence-electron chi connectivity index (χ3n) is 4.43. The molecule has 0 aromatic rings. The van der Waals surface area contributed by atoms with Gasteiger partial charge in [-0.2, -0.15) is 0 Å². The van der Waals surface area contributed by atoms with Crippen molar-refractivity contribution in [2.75, 3.05) is 6.26 Å². The highest BCUT2D eigenvalue weighted by molar-refractivity contribution is 7.91. The second-order valence-electron chi connectivity index (χ2n) is 7.14. The van der Waals surface area contributed by atoms with Gasteiger partial charge in [0.05, 0.1) is 5.25 Å². The van der Waals surface area contributed by atoms with E-state index in [0.29, 0.717) is 17.8 Å². The molecule has 0 N–H and O–H groups in total. The molecule has 0 bridgehead atoms. The Morgan fingerprint density at radius 3 is 2.00 bits per heavy atom. The summed E-state index contributed by atoms with van der Waals surface area (Å²) < 4.78 is 23.4. The molecule has 102 valence electrons. The molecule has 1 rings (SSSR count). The monoisotopic (exact) mass is 260 g/mol. The standard InChI is InChI=1S/C14H28O2S/c1-10(2)12-9-11(17(6,15)16)7-8-13(12)14(3,4)5/h10-13H,7-9H2,1-6H3. The average Bonchev–Trinajstić information content (AvgIpc) is 2.14. The fraction of sp³-hybridized carbons (Fsp3) is 1.00. The first-order valence-corrected chi connectivity index (χ1v) is 8.67. The SMILES string of the molecule is CC(C)C1CC(S(C)(=O)=O)CCC1C(C)(C)C. The van der Waals surface area contributed by atoms with Crippen LogP contribution in [-0.2, 0) is 9.84 Å². The van der Waals surface area contributed by atoms with Crippen molar-refractivity contribution in [3.8, 4) is 0 Å². The first kappa shape index (κ1) is 15.0. The second kappa shape index (κ2) is 4.91. The van der Waals surface area contributed by atoms with Crippen molar-refractivity contribution >= 4 is 9.84 Å². The van der Waals surface area contributed by atoms with Gasteiger partial charge < -0.3 is 0 Å². The summed E-state index contributed by atoms with van der Waals surface area (Å²) in [5, 5.41) is -0.103. The molecule has 2 nitrogen and oxygen atoms in total. The highest BCUT2D eigenvalue weighted by Crippen LogP contribution is 2.46. The molecular weight excluding hydrogens is 232 g/mol. The quantitative estimate of drug-likeness (QED) is 0.761. The summed E-state index contributed by atoms with van der Waals surface area (Å²) in [6.45, 7) is 11.3. The van der Waals surface area contributed by atoms with E-state index in [1.165, 1.54) is 6.26 Å². The van der Waals surface area contributed by atoms with Crippen LogP contribution in [0.2, 0.25) is 0 Å². The van der Waals surface area contributed by atoms with Crippen LogP contribution in [0.25, 0.3) is 0 Å². The van der Waals surface area contributed by atoms with Crippen molar-refractivity contribution in [3.05, 3.63) is 0 Å². The largest absolute Gasteiger partial charge is 0.229 e. The molecule has 0 aromatic heterocycles. The summed E-state index contributed by atoms with van der Waals surface area (Å²) in [5.41, 5.74) is 0.289. The molecule has 0 amide bonds. The third kappa shape index (κ3) is 3.70. The van der Waals surface area contributed by atoms with E-state index in [1.54, 1.807) is 0 Å². The van der Waals surface area contributed by atoms with Crippen molar-refractivity contribution in [2.45, 2.75) is 59.1 Å². The molecule has 3 heteroatoms. The maximum atomic E-state index is 11.7. The lowest BCUT2D eigenvalue weighted by Gasteiger charge is -2.44. The van der Waals surface area contributed by atoms with Gasteiger partial charge in [0, 0.05) is 6.26 Å². The van der Waals surface area contributed by atoms with Gasteiger partial charge in [-0.1, -0.05) is 34.6 Å². The Balaban J connectivity index is 2.90. The third-order valence-corrected chi connectivity index (χ3v) is 6.06. The maximum absolute atomic E-state index is 11.7. The van der Waals surface area contributed by atoms with Gasteiger partial charge >= 0.3 is 0 Å². The number of sulfone groups is 1. The molecule has 1 saturated carbocycles. The molecule has 0 aliphatic heterocycles. The van der Waals surface area contributed by atoms with Crippen LogP contribution >= 0.6 is 0 Å². The molecule has 0 radical (unpaired) electrons. The van der Waals surface area contributed by atoms with Crippen LogP contribution in [0.3, 0.4) is 0 Å². The summed E-state index contributed by atoms with van der Waals surface area (Å²) in [6.07, 6.45) is 4.17. The summed E-state index contributed by atoms with van der Waals surface area (Å²) in [6, 6.07) is 0. The topological polar surface area (TPSA) is 34.1 Å². The Kier molecular flexibility index (Phi) is 4.33. The molecule has 3 atom stereocenters. The lowest BCUT2D eigenvalue weighted by molar-refractivity contribution is 0.0783. The minimum absolute atomic E-state index is 0.103. The summed E-state index contributed by atoms with van der Waals surface area (Å²) >= 11 is 0. The van der Waals surface area contributed by atoms with Gasteiger partial charge in [0.15, 0.2) is 0 Å². The van der Waals surface area contributed by atoms with Gasteiger partial charge in [-0.05, 0) is 42.4 Å². The smallest absolute Gasteiger partial charge is 0.150 e. The molecule has 0 spiro atoms. The highest BCUT2D eigenvalue weighted by atomic mass is 32.2. The van der Waals surface area contributed by atoms with Crippen molar-refractivity contribution in [1.82, 2.24) is 0 Å². The van der Waals surface area contributed by atoms with Gasteiger partial charge in [0.1, 0.15) is 9.84 Å². The number of rotatable bonds is 2. The van der Waals surface area contributed by atoms with Crippen LogP contribution in [0.4, 0.5) is 0 Å². The highest BCUT2D eigenvalue weighted by Gasteiger charge is 2.41. The van der Waals surface area contributed by atoms with Crippen molar-refractivity contribution in [2.24, 2.45) is 23.2 Å².